The van der Waals surface area contributed by atoms with Gasteiger partial charge in [0, 0.05) is 23.3 Å². The van der Waals surface area contributed by atoms with Gasteiger partial charge < -0.3 is 4.42 Å². The number of oxazole rings is 1. The highest BCUT2D eigenvalue weighted by atomic mass is 16.4. The number of benzene rings is 5. The molecule has 1 aliphatic rings. The van der Waals surface area contributed by atoms with E-state index in [1.165, 1.54) is 22.3 Å². The summed E-state index contributed by atoms with van der Waals surface area (Å²) in [5, 5.41) is 0. The number of hydrogen-bond donors (Lipinski definition) is 0. The molecular formula is C39H30N2O. The predicted molar refractivity (Wildman–Crippen MR) is 172 cm³/mol. The molecule has 0 saturated carbocycles. The smallest absolute Gasteiger partial charge is 0.226 e. The van der Waals surface area contributed by atoms with Crippen molar-refractivity contribution in [3.05, 3.63) is 174 Å². The Hall–Kier alpha value is -5.28. The molecule has 0 saturated heterocycles. The first-order valence-electron chi connectivity index (χ1n) is 14.4. The molecular weight excluding hydrogens is 512 g/mol. The normalized spacial score (nSPS) is 16.5. The predicted octanol–water partition coefficient (Wildman–Crippen LogP) is 10.1. The van der Waals surface area contributed by atoms with Gasteiger partial charge >= 0.3 is 0 Å². The van der Waals surface area contributed by atoms with Crippen LogP contribution in [0.1, 0.15) is 40.5 Å². The van der Waals surface area contributed by atoms with Crippen molar-refractivity contribution in [3.63, 3.8) is 0 Å². The van der Waals surface area contributed by atoms with E-state index < -0.39 is 0 Å². The molecule has 42 heavy (non-hydrogen) atoms. The Morgan fingerprint density at radius 1 is 0.619 bits per heavy atom. The van der Waals surface area contributed by atoms with Gasteiger partial charge in [0.05, 0.1) is 11.9 Å². The van der Waals surface area contributed by atoms with Crippen molar-refractivity contribution in [2.24, 2.45) is 4.99 Å². The van der Waals surface area contributed by atoms with Gasteiger partial charge in [-0.1, -0.05) is 121 Å². The minimum Gasteiger partial charge on any atom is -0.436 e. The van der Waals surface area contributed by atoms with E-state index in [2.05, 4.69) is 96.0 Å². The lowest BCUT2D eigenvalue weighted by Gasteiger charge is -2.20. The molecule has 0 aliphatic heterocycles. The van der Waals surface area contributed by atoms with Gasteiger partial charge in [-0.25, -0.2) is 4.98 Å². The van der Waals surface area contributed by atoms with E-state index in [4.69, 9.17) is 9.41 Å². The van der Waals surface area contributed by atoms with Crippen LogP contribution in [-0.4, -0.2) is 11.2 Å². The highest BCUT2D eigenvalue weighted by molar-refractivity contribution is 5.83. The van der Waals surface area contributed by atoms with Crippen LogP contribution in [-0.2, 0) is 0 Å². The van der Waals surface area contributed by atoms with Gasteiger partial charge in [-0.2, -0.15) is 0 Å². The lowest BCUT2D eigenvalue weighted by molar-refractivity contribution is 0.589. The van der Waals surface area contributed by atoms with Crippen LogP contribution < -0.4 is 0 Å². The summed E-state index contributed by atoms with van der Waals surface area (Å²) in [7, 11) is 0. The number of hydrogen-bond acceptors (Lipinski definition) is 3. The highest BCUT2D eigenvalue weighted by Crippen LogP contribution is 2.47. The van der Waals surface area contributed by atoms with E-state index in [0.717, 1.165) is 34.6 Å². The van der Waals surface area contributed by atoms with E-state index in [9.17, 15) is 0 Å². The number of aromatic nitrogens is 1. The number of nitrogens with zero attached hydrogens (tertiary/aromatic N) is 2. The first-order valence-corrected chi connectivity index (χ1v) is 14.4. The van der Waals surface area contributed by atoms with E-state index in [1.54, 1.807) is 6.20 Å². The third kappa shape index (κ3) is 5.50. The Labute approximate surface area is 246 Å². The molecule has 0 N–H and O–H groups in total. The zero-order chi connectivity index (χ0) is 28.1. The molecule has 7 rings (SSSR count). The second-order valence-electron chi connectivity index (χ2n) is 10.7. The van der Waals surface area contributed by atoms with E-state index in [-0.39, 0.29) is 0 Å². The summed E-state index contributed by atoms with van der Waals surface area (Å²) in [6, 6.07) is 48.5. The summed E-state index contributed by atoms with van der Waals surface area (Å²) in [5.41, 5.74) is 9.32. The Balaban J connectivity index is 1.05. The summed E-state index contributed by atoms with van der Waals surface area (Å²) >= 11 is 0. The molecule has 0 radical (unpaired) electrons. The zero-order valence-corrected chi connectivity index (χ0v) is 23.2. The second-order valence-corrected chi connectivity index (χ2v) is 10.7. The average molecular weight is 543 g/mol. The molecule has 5 aromatic carbocycles. The maximum absolute atomic E-state index is 5.99. The van der Waals surface area contributed by atoms with Crippen LogP contribution >= 0.6 is 0 Å². The quantitative estimate of drug-likeness (QED) is 0.188. The van der Waals surface area contributed by atoms with Crippen LogP contribution in [0.5, 0.6) is 0 Å². The van der Waals surface area contributed by atoms with Crippen LogP contribution in [0.25, 0.3) is 28.4 Å². The summed E-state index contributed by atoms with van der Waals surface area (Å²) in [4.78, 5) is 9.20. The van der Waals surface area contributed by atoms with Crippen molar-refractivity contribution in [3.8, 4) is 22.8 Å². The molecule has 3 heteroatoms. The van der Waals surface area contributed by atoms with Crippen LogP contribution in [0, 0.1) is 0 Å². The molecule has 0 amide bonds. The lowest BCUT2D eigenvalue weighted by Crippen LogP contribution is -2.04. The van der Waals surface area contributed by atoms with E-state index in [1.807, 2.05) is 60.8 Å². The molecule has 0 spiro atoms. The van der Waals surface area contributed by atoms with Crippen LogP contribution in [0.4, 0.5) is 5.69 Å². The monoisotopic (exact) mass is 542 g/mol. The molecule has 3 nitrogen and oxygen atoms in total. The third-order valence-corrected chi connectivity index (χ3v) is 7.99. The van der Waals surface area contributed by atoms with Gasteiger partial charge in [0.1, 0.15) is 0 Å². The van der Waals surface area contributed by atoms with Gasteiger partial charge in [-0.3, -0.25) is 4.99 Å². The number of aliphatic imine (C=N–C) groups is 1. The topological polar surface area (TPSA) is 38.4 Å². The SMILES string of the molecule is C(=Nc1ccc(C2=CC(c3ccccc3)C(c3ccccc3)C2)cc1)c1ccc(-c2ncc(-c3ccccc3)o2)cc1. The number of allylic oxidation sites excluding steroid dienone is 2. The maximum atomic E-state index is 5.99. The van der Waals surface area contributed by atoms with Crippen molar-refractivity contribution in [1.29, 1.82) is 0 Å². The first-order chi connectivity index (χ1) is 20.8. The van der Waals surface area contributed by atoms with Gasteiger partial charge in [-0.05, 0) is 64.4 Å². The first kappa shape index (κ1) is 25.7. The molecule has 2 atom stereocenters. The van der Waals surface area contributed by atoms with Gasteiger partial charge in [0.25, 0.3) is 0 Å². The Morgan fingerprint density at radius 2 is 1.24 bits per heavy atom. The molecule has 0 fully saturated rings. The van der Waals surface area contributed by atoms with E-state index >= 15 is 0 Å². The van der Waals surface area contributed by atoms with Gasteiger partial charge in [0.15, 0.2) is 5.76 Å². The molecule has 1 heterocycles. The summed E-state index contributed by atoms with van der Waals surface area (Å²) < 4.78 is 5.99. The van der Waals surface area contributed by atoms with Crippen molar-refractivity contribution in [1.82, 2.24) is 4.98 Å². The Bertz CT molecular complexity index is 1820. The van der Waals surface area contributed by atoms with Gasteiger partial charge in [0.2, 0.25) is 5.89 Å². The maximum Gasteiger partial charge on any atom is 0.226 e. The molecule has 1 aromatic heterocycles. The molecule has 202 valence electrons. The van der Waals surface area contributed by atoms with Crippen LogP contribution in [0.2, 0.25) is 0 Å². The molecule has 2 unspecified atom stereocenters. The summed E-state index contributed by atoms with van der Waals surface area (Å²) in [6.45, 7) is 0. The molecule has 0 bridgehead atoms. The highest BCUT2D eigenvalue weighted by Gasteiger charge is 2.30. The van der Waals surface area contributed by atoms with Crippen LogP contribution in [0.3, 0.4) is 0 Å². The Kier molecular flexibility index (Phi) is 7.14. The second kappa shape index (κ2) is 11.7. The Morgan fingerprint density at radius 3 is 1.93 bits per heavy atom. The summed E-state index contributed by atoms with van der Waals surface area (Å²) in [5.74, 6) is 2.17. The summed E-state index contributed by atoms with van der Waals surface area (Å²) in [6.07, 6.45) is 7.16. The average Bonchev–Trinajstić information content (AvgIpc) is 3.75. The standard InChI is InChI=1S/C39H30N2O/c1-4-10-30(11-5-1)36-24-34(25-37(36)31-12-6-2-7-13-31)29-20-22-35(23-21-29)40-26-28-16-18-33(19-17-28)39-41-27-38(42-39)32-14-8-3-9-15-32/h1-24,26-27,36-37H,25H2. The third-order valence-electron chi connectivity index (χ3n) is 7.99. The van der Waals surface area contributed by atoms with Crippen molar-refractivity contribution in [2.45, 2.75) is 18.3 Å². The molecule has 6 aromatic rings. The van der Waals surface area contributed by atoms with Crippen molar-refractivity contribution < 1.29 is 4.42 Å². The lowest BCUT2D eigenvalue weighted by atomic mass is 9.83. The largest absolute Gasteiger partial charge is 0.436 e. The molecule has 1 aliphatic carbocycles. The fourth-order valence-corrected chi connectivity index (χ4v) is 5.77. The van der Waals surface area contributed by atoms with Crippen molar-refractivity contribution >= 4 is 17.5 Å². The fourth-order valence-electron chi connectivity index (χ4n) is 5.77. The fraction of sp³-hybridized carbons (Fsp3) is 0.0769. The van der Waals surface area contributed by atoms with Gasteiger partial charge in [-0.15, -0.1) is 0 Å². The minimum atomic E-state index is 0.366. The minimum absolute atomic E-state index is 0.366. The zero-order valence-electron chi connectivity index (χ0n) is 23.2. The number of rotatable bonds is 7. The van der Waals surface area contributed by atoms with E-state index in [0.29, 0.717) is 17.7 Å². The van der Waals surface area contributed by atoms with Crippen LogP contribution in [0.15, 0.2) is 161 Å². The van der Waals surface area contributed by atoms with Crippen molar-refractivity contribution in [2.75, 3.05) is 0 Å².